The summed E-state index contributed by atoms with van der Waals surface area (Å²) >= 11 is 0. The molecular formula is C12H16N2O3. The van der Waals surface area contributed by atoms with Crippen molar-refractivity contribution in [3.8, 4) is 5.75 Å². The van der Waals surface area contributed by atoms with Gasteiger partial charge in [0.2, 0.25) is 0 Å². The molecule has 1 aromatic rings. The molecule has 0 aliphatic carbocycles. The maximum atomic E-state index is 10.5. The molecule has 0 saturated heterocycles. The lowest BCUT2D eigenvalue weighted by atomic mass is 9.94. The molecule has 1 aliphatic heterocycles. The van der Waals surface area contributed by atoms with Gasteiger partial charge in [-0.2, -0.15) is 0 Å². The van der Waals surface area contributed by atoms with Crippen molar-refractivity contribution in [2.24, 2.45) is 0 Å². The highest BCUT2D eigenvalue weighted by Gasteiger charge is 2.27. The third-order valence-corrected chi connectivity index (χ3v) is 2.86. The number of carbonyl (C=O) groups is 1. The van der Waals surface area contributed by atoms with Gasteiger partial charge in [-0.3, -0.25) is 4.98 Å². The number of aryl methyl sites for hydroxylation is 1. The van der Waals surface area contributed by atoms with Crippen LogP contribution in [0.4, 0.5) is 4.79 Å². The number of nitrogens with one attached hydrogen (secondary N) is 1. The van der Waals surface area contributed by atoms with Crippen molar-refractivity contribution in [2.75, 3.05) is 6.54 Å². The van der Waals surface area contributed by atoms with Crippen molar-refractivity contribution in [3.63, 3.8) is 0 Å². The van der Waals surface area contributed by atoms with Crippen LogP contribution in [0.5, 0.6) is 5.75 Å². The second kappa shape index (κ2) is 4.61. The minimum Gasteiger partial charge on any atom is -0.489 e. The zero-order valence-corrected chi connectivity index (χ0v) is 9.93. The van der Waals surface area contributed by atoms with Gasteiger partial charge in [-0.05, 0) is 32.4 Å². The summed E-state index contributed by atoms with van der Waals surface area (Å²) in [6.07, 6.45) is -0.130. The monoisotopic (exact) mass is 236 g/mol. The van der Waals surface area contributed by atoms with E-state index in [0.29, 0.717) is 6.54 Å². The molecule has 0 unspecified atom stereocenters. The Morgan fingerprint density at radius 3 is 3.12 bits per heavy atom. The Kier molecular flexibility index (Phi) is 3.17. The van der Waals surface area contributed by atoms with Gasteiger partial charge in [-0.25, -0.2) is 4.79 Å². The maximum Gasteiger partial charge on any atom is 0.404 e. The molecule has 1 aromatic heterocycles. The number of carboxylic acid groups (broad SMARTS) is 1. The lowest BCUT2D eigenvalue weighted by Gasteiger charge is -2.29. The van der Waals surface area contributed by atoms with E-state index < -0.39 is 6.09 Å². The van der Waals surface area contributed by atoms with E-state index >= 15 is 0 Å². The fraction of sp³-hybridized carbons (Fsp3) is 0.500. The van der Waals surface area contributed by atoms with E-state index in [1.54, 1.807) is 0 Å². The van der Waals surface area contributed by atoms with Gasteiger partial charge in [0, 0.05) is 18.2 Å². The molecule has 0 fully saturated rings. The second-order valence-corrected chi connectivity index (χ2v) is 4.38. The van der Waals surface area contributed by atoms with Crippen LogP contribution in [0, 0.1) is 6.92 Å². The molecule has 0 bridgehead atoms. The highest BCUT2D eigenvalue weighted by molar-refractivity contribution is 5.64. The van der Waals surface area contributed by atoms with E-state index in [1.807, 2.05) is 26.0 Å². The number of ether oxygens (including phenoxy) is 1. The molecule has 0 saturated carbocycles. The van der Waals surface area contributed by atoms with Gasteiger partial charge < -0.3 is 15.2 Å². The smallest absolute Gasteiger partial charge is 0.404 e. The third-order valence-electron chi connectivity index (χ3n) is 2.86. The van der Waals surface area contributed by atoms with Gasteiger partial charge in [-0.1, -0.05) is 0 Å². The van der Waals surface area contributed by atoms with Crippen LogP contribution in [-0.2, 0) is 0 Å². The molecule has 17 heavy (non-hydrogen) atoms. The van der Waals surface area contributed by atoms with Gasteiger partial charge in [0.25, 0.3) is 0 Å². The summed E-state index contributed by atoms with van der Waals surface area (Å²) in [6.45, 7) is 4.28. The number of rotatable bonds is 2. The van der Waals surface area contributed by atoms with E-state index in [9.17, 15) is 4.79 Å². The van der Waals surface area contributed by atoms with Crippen LogP contribution in [0.3, 0.4) is 0 Å². The van der Waals surface area contributed by atoms with Crippen molar-refractivity contribution < 1.29 is 14.6 Å². The van der Waals surface area contributed by atoms with Crippen molar-refractivity contribution in [3.05, 3.63) is 23.5 Å². The summed E-state index contributed by atoms with van der Waals surface area (Å²) < 4.78 is 5.69. The summed E-state index contributed by atoms with van der Waals surface area (Å²) in [5.74, 6) is 0.858. The molecule has 2 rings (SSSR count). The first-order chi connectivity index (χ1) is 8.06. The van der Waals surface area contributed by atoms with E-state index in [2.05, 4.69) is 10.3 Å². The maximum absolute atomic E-state index is 10.5. The standard InChI is InChI=1S/C12H16N2O3/c1-7-3-4-10-11(14-7)9(5-8(2)17-10)6-13-12(15)16/h3-4,8-9,13H,5-6H2,1-2H3,(H,15,16)/t8-,9-/m1/s1. The summed E-state index contributed by atoms with van der Waals surface area (Å²) in [5, 5.41) is 11.1. The molecule has 0 aromatic carbocycles. The van der Waals surface area contributed by atoms with Gasteiger partial charge in [-0.15, -0.1) is 0 Å². The van der Waals surface area contributed by atoms with Crippen molar-refractivity contribution >= 4 is 6.09 Å². The predicted octanol–water partition coefficient (Wildman–Crippen LogP) is 1.91. The van der Waals surface area contributed by atoms with Crippen LogP contribution in [-0.4, -0.2) is 28.8 Å². The number of hydrogen-bond donors (Lipinski definition) is 2. The van der Waals surface area contributed by atoms with E-state index in [0.717, 1.165) is 23.6 Å². The highest BCUT2D eigenvalue weighted by atomic mass is 16.5. The number of aromatic nitrogens is 1. The van der Waals surface area contributed by atoms with Crippen LogP contribution < -0.4 is 10.1 Å². The average Bonchev–Trinajstić information content (AvgIpc) is 2.26. The van der Waals surface area contributed by atoms with Gasteiger partial charge >= 0.3 is 6.09 Å². The molecule has 2 heterocycles. The van der Waals surface area contributed by atoms with Crippen LogP contribution in [0.2, 0.25) is 0 Å². The molecule has 2 atom stereocenters. The second-order valence-electron chi connectivity index (χ2n) is 4.38. The molecule has 5 heteroatoms. The first-order valence-electron chi connectivity index (χ1n) is 5.67. The molecule has 0 spiro atoms. The van der Waals surface area contributed by atoms with Crippen molar-refractivity contribution in [1.82, 2.24) is 10.3 Å². The molecule has 0 radical (unpaired) electrons. The van der Waals surface area contributed by atoms with E-state index in [4.69, 9.17) is 9.84 Å². The minimum absolute atomic E-state index is 0.0877. The van der Waals surface area contributed by atoms with Crippen LogP contribution in [0.25, 0.3) is 0 Å². The zero-order chi connectivity index (χ0) is 12.4. The Balaban J connectivity index is 2.23. The lowest BCUT2D eigenvalue weighted by Crippen LogP contribution is -2.32. The molecular weight excluding hydrogens is 220 g/mol. The topological polar surface area (TPSA) is 71.5 Å². The lowest BCUT2D eigenvalue weighted by molar-refractivity contribution is 0.166. The first-order valence-corrected chi connectivity index (χ1v) is 5.67. The molecule has 5 nitrogen and oxygen atoms in total. The normalized spacial score (nSPS) is 22.5. The Bertz CT molecular complexity index is 434. The highest BCUT2D eigenvalue weighted by Crippen LogP contribution is 2.34. The quantitative estimate of drug-likeness (QED) is 0.822. The van der Waals surface area contributed by atoms with Crippen LogP contribution in [0.15, 0.2) is 12.1 Å². The average molecular weight is 236 g/mol. The molecule has 1 aliphatic rings. The summed E-state index contributed by atoms with van der Waals surface area (Å²) in [7, 11) is 0. The predicted molar refractivity (Wildman–Crippen MR) is 62.4 cm³/mol. The Morgan fingerprint density at radius 2 is 2.41 bits per heavy atom. The fourth-order valence-corrected chi connectivity index (χ4v) is 2.12. The largest absolute Gasteiger partial charge is 0.489 e. The zero-order valence-electron chi connectivity index (χ0n) is 9.93. The number of hydrogen-bond acceptors (Lipinski definition) is 3. The number of pyridine rings is 1. The summed E-state index contributed by atoms with van der Waals surface area (Å²) in [4.78, 5) is 15.0. The van der Waals surface area contributed by atoms with Gasteiger partial charge in [0.05, 0.1) is 11.8 Å². The molecule has 2 N–H and O–H groups in total. The van der Waals surface area contributed by atoms with Crippen molar-refractivity contribution in [2.45, 2.75) is 32.3 Å². The van der Waals surface area contributed by atoms with Crippen LogP contribution in [0.1, 0.15) is 30.7 Å². The fourth-order valence-electron chi connectivity index (χ4n) is 2.12. The number of nitrogens with zero attached hydrogens (tertiary/aromatic N) is 1. The first kappa shape index (κ1) is 11.7. The summed E-state index contributed by atoms with van der Waals surface area (Å²) in [6, 6.07) is 3.81. The Morgan fingerprint density at radius 1 is 1.65 bits per heavy atom. The van der Waals surface area contributed by atoms with Crippen LogP contribution >= 0.6 is 0 Å². The Labute approximate surface area is 99.8 Å². The minimum atomic E-state index is -1.00. The van der Waals surface area contributed by atoms with Gasteiger partial charge in [0.1, 0.15) is 5.75 Å². The van der Waals surface area contributed by atoms with Gasteiger partial charge in [0.15, 0.2) is 0 Å². The third kappa shape index (κ3) is 2.67. The SMILES string of the molecule is Cc1ccc2c(n1)[C@@H](CNC(=O)O)C[C@@H](C)O2. The number of amides is 1. The van der Waals surface area contributed by atoms with E-state index in [1.165, 1.54) is 0 Å². The number of fused-ring (bicyclic) bond motifs is 1. The summed E-state index contributed by atoms with van der Waals surface area (Å²) in [5.41, 5.74) is 1.78. The molecule has 92 valence electrons. The van der Waals surface area contributed by atoms with Crippen molar-refractivity contribution in [1.29, 1.82) is 0 Å². The van der Waals surface area contributed by atoms with E-state index in [-0.39, 0.29) is 12.0 Å². The Hall–Kier alpha value is -1.78. The molecule has 1 amide bonds.